The van der Waals surface area contributed by atoms with E-state index in [1.807, 2.05) is 0 Å². The Hall–Kier alpha value is -3.19. The first-order chi connectivity index (χ1) is 19.2. The predicted octanol–water partition coefficient (Wildman–Crippen LogP) is 1.22. The standard InChI is InChI=1S/C24H34N4O2.C4H6O6/c1-27-16-17(14-26-24(29)30-11-10-28-8-3-2-4-9-28)12-20-19-6-5-7-21-23(19)18(15-25-21)13-22(20)27;5-1(3(7)8)2(6)4(9)10/h5-7,15,17,20,22,25H,2-4,8-14,16H2,1H3,(H,26,29);1-2,5-6H,(H,7,8)(H,9,10)/t17-,20?,22+;/m0./s1. The van der Waals surface area contributed by atoms with E-state index in [4.69, 9.17) is 25.2 Å². The van der Waals surface area contributed by atoms with Gasteiger partial charge in [-0.25, -0.2) is 14.4 Å². The fourth-order valence-corrected chi connectivity index (χ4v) is 6.20. The Morgan fingerprint density at radius 2 is 1.80 bits per heavy atom. The van der Waals surface area contributed by atoms with E-state index in [2.05, 4.69) is 51.5 Å². The van der Waals surface area contributed by atoms with Gasteiger partial charge in [0, 0.05) is 48.7 Å². The van der Waals surface area contributed by atoms with Crippen LogP contribution in [0.3, 0.4) is 0 Å². The number of ether oxygens (including phenoxy) is 1. The van der Waals surface area contributed by atoms with Crippen LogP contribution in [0.25, 0.3) is 10.9 Å². The normalized spacial score (nSPS) is 24.2. The molecule has 220 valence electrons. The Morgan fingerprint density at radius 3 is 2.48 bits per heavy atom. The van der Waals surface area contributed by atoms with Gasteiger partial charge in [-0.05, 0) is 68.9 Å². The first-order valence-corrected chi connectivity index (χ1v) is 13.9. The van der Waals surface area contributed by atoms with Gasteiger partial charge in [-0.3, -0.25) is 4.90 Å². The Balaban J connectivity index is 0.000000318. The summed E-state index contributed by atoms with van der Waals surface area (Å²) in [6.07, 6.45) is 3.47. The van der Waals surface area contributed by atoms with Gasteiger partial charge in [0.1, 0.15) is 6.61 Å². The van der Waals surface area contributed by atoms with Gasteiger partial charge in [0.05, 0.1) is 0 Å². The van der Waals surface area contributed by atoms with Gasteiger partial charge in [-0.2, -0.15) is 0 Å². The number of aromatic nitrogens is 1. The molecule has 2 fully saturated rings. The van der Waals surface area contributed by atoms with Gasteiger partial charge in [0.25, 0.3) is 0 Å². The van der Waals surface area contributed by atoms with E-state index in [0.29, 0.717) is 31.0 Å². The number of carboxylic acids is 2. The van der Waals surface area contributed by atoms with Crippen LogP contribution in [0.5, 0.6) is 0 Å². The van der Waals surface area contributed by atoms with E-state index in [0.717, 1.165) is 39.0 Å². The van der Waals surface area contributed by atoms with Crippen LogP contribution in [0.4, 0.5) is 4.79 Å². The predicted molar refractivity (Wildman–Crippen MR) is 146 cm³/mol. The van der Waals surface area contributed by atoms with E-state index in [-0.39, 0.29) is 6.09 Å². The third-order valence-corrected chi connectivity index (χ3v) is 8.24. The molecule has 12 nitrogen and oxygen atoms in total. The molecule has 1 aromatic heterocycles. The molecule has 2 aliphatic heterocycles. The van der Waals surface area contributed by atoms with Gasteiger partial charge < -0.3 is 40.4 Å². The number of hydrogen-bond donors (Lipinski definition) is 6. The Labute approximate surface area is 232 Å². The van der Waals surface area contributed by atoms with Gasteiger partial charge in [0.2, 0.25) is 0 Å². The van der Waals surface area contributed by atoms with Crippen LogP contribution in [-0.4, -0.2) is 118 Å². The highest BCUT2D eigenvalue weighted by molar-refractivity contribution is 5.88. The van der Waals surface area contributed by atoms with Crippen LogP contribution >= 0.6 is 0 Å². The summed E-state index contributed by atoms with van der Waals surface area (Å²) >= 11 is 0. The first-order valence-electron chi connectivity index (χ1n) is 13.9. The fourth-order valence-electron chi connectivity index (χ4n) is 6.20. The van der Waals surface area contributed by atoms with Crippen molar-refractivity contribution in [2.24, 2.45) is 5.92 Å². The summed E-state index contributed by atoms with van der Waals surface area (Å²) in [5.41, 5.74) is 4.17. The van der Waals surface area contributed by atoms with E-state index < -0.39 is 24.1 Å². The average Bonchev–Trinajstić information content (AvgIpc) is 3.36. The number of nitrogens with zero attached hydrogens (tertiary/aromatic N) is 2. The van der Waals surface area contributed by atoms with E-state index in [9.17, 15) is 14.4 Å². The summed E-state index contributed by atoms with van der Waals surface area (Å²) in [4.78, 5) is 40.1. The quantitative estimate of drug-likeness (QED) is 0.275. The number of amides is 1. The number of alkyl carbamates (subject to hydrolysis) is 1. The Morgan fingerprint density at radius 1 is 1.10 bits per heavy atom. The average molecular weight is 561 g/mol. The lowest BCUT2D eigenvalue weighted by Gasteiger charge is -2.45. The number of aliphatic hydroxyl groups excluding tert-OH is 2. The minimum Gasteiger partial charge on any atom is -0.479 e. The molecule has 2 aromatic rings. The molecule has 1 aromatic carbocycles. The number of aliphatic hydroxyl groups is 2. The highest BCUT2D eigenvalue weighted by atomic mass is 16.5. The number of carbonyl (C=O) groups is 3. The lowest BCUT2D eigenvalue weighted by Crippen LogP contribution is -2.50. The second kappa shape index (κ2) is 13.4. The third-order valence-electron chi connectivity index (χ3n) is 8.24. The minimum absolute atomic E-state index is 0.268. The minimum atomic E-state index is -2.27. The zero-order valence-corrected chi connectivity index (χ0v) is 22.8. The number of carboxylic acid groups (broad SMARTS) is 2. The molecule has 0 saturated carbocycles. The van der Waals surface area contributed by atoms with Crippen molar-refractivity contribution in [2.75, 3.05) is 46.4 Å². The molecular formula is C28H40N4O8. The molecule has 3 aliphatic rings. The van der Waals surface area contributed by atoms with Crippen molar-refractivity contribution in [3.8, 4) is 0 Å². The lowest BCUT2D eigenvalue weighted by molar-refractivity contribution is -0.165. The number of likely N-dealkylation sites (tertiary alicyclic amines) is 2. The molecule has 0 spiro atoms. The number of nitrogens with one attached hydrogen (secondary N) is 2. The summed E-state index contributed by atoms with van der Waals surface area (Å²) in [5.74, 6) is -2.57. The van der Waals surface area contributed by atoms with E-state index in [1.165, 1.54) is 41.3 Å². The number of rotatable bonds is 8. The molecule has 3 heterocycles. The summed E-state index contributed by atoms with van der Waals surface area (Å²) in [6, 6.07) is 7.19. The monoisotopic (exact) mass is 560 g/mol. The van der Waals surface area contributed by atoms with Gasteiger partial charge in [-0.15, -0.1) is 0 Å². The van der Waals surface area contributed by atoms with Crippen molar-refractivity contribution in [3.63, 3.8) is 0 Å². The molecule has 5 rings (SSSR count). The molecule has 6 N–H and O–H groups in total. The summed E-state index contributed by atoms with van der Waals surface area (Å²) in [7, 11) is 2.23. The number of carbonyl (C=O) groups excluding carboxylic acids is 1. The lowest BCUT2D eigenvalue weighted by atomic mass is 9.72. The van der Waals surface area contributed by atoms with E-state index >= 15 is 0 Å². The molecule has 1 aliphatic carbocycles. The summed E-state index contributed by atoms with van der Waals surface area (Å²) in [6.45, 7) is 5.32. The van der Waals surface area contributed by atoms with Crippen molar-refractivity contribution in [3.05, 3.63) is 35.5 Å². The van der Waals surface area contributed by atoms with Crippen LogP contribution in [-0.2, 0) is 20.7 Å². The van der Waals surface area contributed by atoms with Crippen molar-refractivity contribution in [2.45, 2.75) is 56.3 Å². The van der Waals surface area contributed by atoms with Crippen LogP contribution < -0.4 is 5.32 Å². The van der Waals surface area contributed by atoms with Crippen molar-refractivity contribution >= 4 is 28.9 Å². The van der Waals surface area contributed by atoms with Crippen LogP contribution in [0.15, 0.2) is 24.4 Å². The van der Waals surface area contributed by atoms with Gasteiger partial charge >= 0.3 is 18.0 Å². The smallest absolute Gasteiger partial charge is 0.407 e. The molecular weight excluding hydrogens is 520 g/mol. The van der Waals surface area contributed by atoms with Crippen molar-refractivity contribution in [1.29, 1.82) is 0 Å². The number of benzene rings is 1. The number of aromatic amines is 1. The number of fused-ring (bicyclic) bond motifs is 2. The second-order valence-electron chi connectivity index (χ2n) is 11.0. The zero-order valence-electron chi connectivity index (χ0n) is 22.8. The fraction of sp³-hybridized carbons (Fsp3) is 0.607. The Kier molecular flexibility index (Phi) is 10.0. The zero-order chi connectivity index (χ0) is 28.8. The highest BCUT2D eigenvalue weighted by Crippen LogP contribution is 2.44. The molecule has 2 saturated heterocycles. The maximum absolute atomic E-state index is 12.2. The molecule has 1 amide bonds. The first kappa shape index (κ1) is 29.8. The van der Waals surface area contributed by atoms with Crippen LogP contribution in [0.2, 0.25) is 0 Å². The SMILES string of the molecule is CN1C[C@H](CNC(=O)OCCN2CCCCC2)CC2c3cccc4[nH]cc(c34)C[C@H]21.O=C(O)C(O)C(O)C(=O)O. The number of H-pyrrole nitrogens is 1. The third kappa shape index (κ3) is 7.11. The summed E-state index contributed by atoms with van der Waals surface area (Å²) in [5, 5.41) is 37.0. The van der Waals surface area contributed by atoms with Gasteiger partial charge in [-0.1, -0.05) is 18.6 Å². The molecule has 5 atom stereocenters. The maximum Gasteiger partial charge on any atom is 0.407 e. The molecule has 12 heteroatoms. The van der Waals surface area contributed by atoms with Gasteiger partial charge in [0.15, 0.2) is 12.2 Å². The van der Waals surface area contributed by atoms with Crippen LogP contribution in [0, 0.1) is 5.92 Å². The van der Waals surface area contributed by atoms with E-state index in [1.54, 1.807) is 0 Å². The number of aliphatic carboxylic acids is 2. The summed E-state index contributed by atoms with van der Waals surface area (Å²) < 4.78 is 5.44. The molecule has 3 unspecified atom stereocenters. The molecule has 40 heavy (non-hydrogen) atoms. The second-order valence-corrected chi connectivity index (χ2v) is 11.0. The van der Waals surface area contributed by atoms with Crippen LogP contribution in [0.1, 0.15) is 42.7 Å². The number of likely N-dealkylation sites (N-methyl/N-ethyl adjacent to an activating group) is 1. The maximum atomic E-state index is 12.2. The van der Waals surface area contributed by atoms with Crippen molar-refractivity contribution < 1.29 is 39.5 Å². The van der Waals surface area contributed by atoms with Crippen molar-refractivity contribution in [1.82, 2.24) is 20.1 Å². The number of hydrogen-bond acceptors (Lipinski definition) is 8. The molecule has 0 radical (unpaired) electrons. The highest BCUT2D eigenvalue weighted by Gasteiger charge is 2.39. The number of piperidine rings is 2. The molecule has 0 bridgehead atoms. The topological polar surface area (TPSA) is 176 Å². The Bertz CT molecular complexity index is 1160. The largest absolute Gasteiger partial charge is 0.479 e.